The second-order valence-corrected chi connectivity index (χ2v) is 12.4. The van der Waals surface area contributed by atoms with Crippen molar-refractivity contribution >= 4 is 41.1 Å². The smallest absolute Gasteiger partial charge is 0.410 e. The summed E-state index contributed by atoms with van der Waals surface area (Å²) in [5.74, 6) is -2.22. The number of ether oxygens (including phenoxy) is 1. The van der Waals surface area contributed by atoms with E-state index in [9.17, 15) is 14.7 Å². The highest BCUT2D eigenvalue weighted by atomic mass is 19.1. The number of halogens is 2. The molecule has 1 saturated heterocycles. The number of aromatic nitrogens is 3. The molecular weight excluding hydrogens is 620 g/mol. The third-order valence-electron chi connectivity index (χ3n) is 7.48. The minimum Gasteiger partial charge on any atom is -0.507 e. The molecule has 1 amide bonds. The largest absolute Gasteiger partial charge is 0.507 e. The van der Waals surface area contributed by atoms with Crippen LogP contribution in [0.3, 0.4) is 0 Å². The summed E-state index contributed by atoms with van der Waals surface area (Å²) >= 11 is 0. The Morgan fingerprint density at radius 2 is 1.81 bits per heavy atom. The maximum Gasteiger partial charge on any atom is 0.410 e. The molecule has 3 heterocycles. The molecular formula is C35H37F2N7O4. The number of rotatable bonds is 6. The molecule has 0 spiro atoms. The number of hydrogen-bond donors (Lipinski definition) is 2. The van der Waals surface area contributed by atoms with E-state index in [1.54, 1.807) is 67.8 Å². The molecule has 4 aromatic rings. The number of piperazine rings is 1. The van der Waals surface area contributed by atoms with Crippen LogP contribution in [0.25, 0.3) is 34.2 Å². The van der Waals surface area contributed by atoms with E-state index < -0.39 is 46.0 Å². The van der Waals surface area contributed by atoms with Gasteiger partial charge in [0.05, 0.1) is 16.6 Å². The summed E-state index contributed by atoms with van der Waals surface area (Å²) in [5, 5.41) is 10.7. The lowest BCUT2D eigenvalue weighted by atomic mass is 10.1. The van der Waals surface area contributed by atoms with Gasteiger partial charge < -0.3 is 25.4 Å². The third-order valence-corrected chi connectivity index (χ3v) is 7.48. The molecule has 11 nitrogen and oxygen atoms in total. The van der Waals surface area contributed by atoms with Crippen molar-refractivity contribution in [3.63, 3.8) is 0 Å². The summed E-state index contributed by atoms with van der Waals surface area (Å²) in [7, 11) is 0. The fourth-order valence-electron chi connectivity index (χ4n) is 5.29. The summed E-state index contributed by atoms with van der Waals surface area (Å²) in [6.07, 6.45) is 4.00. The van der Waals surface area contributed by atoms with Crippen molar-refractivity contribution < 1.29 is 23.4 Å². The van der Waals surface area contributed by atoms with Gasteiger partial charge in [-0.05, 0) is 58.9 Å². The van der Waals surface area contributed by atoms with Crippen LogP contribution < -0.4 is 16.3 Å². The molecule has 250 valence electrons. The first-order chi connectivity index (χ1) is 22.7. The van der Waals surface area contributed by atoms with E-state index in [2.05, 4.69) is 15.0 Å². The van der Waals surface area contributed by atoms with Crippen LogP contribution in [0, 0.1) is 11.6 Å². The van der Waals surface area contributed by atoms with E-state index in [-0.39, 0.29) is 42.5 Å². The quantitative estimate of drug-likeness (QED) is 0.249. The van der Waals surface area contributed by atoms with Crippen LogP contribution in [-0.2, 0) is 4.74 Å². The third kappa shape index (κ3) is 7.35. The molecule has 1 atom stereocenters. The van der Waals surface area contributed by atoms with Gasteiger partial charge in [-0.1, -0.05) is 36.4 Å². The first-order valence-electron chi connectivity index (χ1n) is 15.3. The predicted octanol–water partition coefficient (Wildman–Crippen LogP) is 5.78. The number of anilines is 1. The van der Waals surface area contributed by atoms with Crippen LogP contribution in [0.4, 0.5) is 19.4 Å². The molecule has 1 aliphatic rings. The van der Waals surface area contributed by atoms with Crippen molar-refractivity contribution in [1.29, 1.82) is 0 Å². The fourth-order valence-corrected chi connectivity index (χ4v) is 5.29. The van der Waals surface area contributed by atoms with Gasteiger partial charge in [0.2, 0.25) is 0 Å². The zero-order valence-electron chi connectivity index (χ0n) is 27.3. The van der Waals surface area contributed by atoms with Gasteiger partial charge in [-0.25, -0.2) is 27.9 Å². The predicted molar refractivity (Wildman–Crippen MR) is 182 cm³/mol. The number of phenolic OH excluding ortho intramolecular Hbond substituents is 1. The number of amides is 1. The number of phenols is 1. The second-order valence-electron chi connectivity index (χ2n) is 12.4. The van der Waals surface area contributed by atoms with Crippen molar-refractivity contribution in [2.24, 2.45) is 10.7 Å². The molecule has 0 bridgehead atoms. The Morgan fingerprint density at radius 3 is 2.46 bits per heavy atom. The number of fused-ring (bicyclic) bond motifs is 1. The fraction of sp³-hybridized carbons (Fsp3) is 0.286. The molecule has 0 aliphatic carbocycles. The Hall–Kier alpha value is -5.59. The number of pyridine rings is 1. The van der Waals surface area contributed by atoms with Crippen molar-refractivity contribution in [2.45, 2.75) is 46.3 Å². The van der Waals surface area contributed by atoms with Crippen molar-refractivity contribution in [2.75, 3.05) is 24.5 Å². The Labute approximate surface area is 276 Å². The summed E-state index contributed by atoms with van der Waals surface area (Å²) in [4.78, 5) is 43.4. The topological polar surface area (TPSA) is 139 Å². The number of aromatic hydroxyl groups is 1. The highest BCUT2D eigenvalue weighted by Crippen LogP contribution is 2.36. The SMILES string of the molecule is C/C(N)=C/C=N/C(=C/n1c(=O)nc(N2CCN(C(=O)OC(C)(C)C)C[C@@H]2C)c2cc(F)c(-c3c(O)cccc3F)nc21)c1ccccc1. The first-order valence-corrected chi connectivity index (χ1v) is 15.3. The molecule has 0 unspecified atom stereocenters. The van der Waals surface area contributed by atoms with Gasteiger partial charge in [-0.15, -0.1) is 0 Å². The summed E-state index contributed by atoms with van der Waals surface area (Å²) in [5.41, 5.74) is 4.81. The van der Waals surface area contributed by atoms with Crippen molar-refractivity contribution in [3.05, 3.63) is 94.1 Å². The number of benzene rings is 2. The molecule has 48 heavy (non-hydrogen) atoms. The molecule has 3 N–H and O–H groups in total. The molecule has 1 aliphatic heterocycles. The van der Waals surface area contributed by atoms with Gasteiger partial charge in [0, 0.05) is 49.4 Å². The van der Waals surface area contributed by atoms with Crippen LogP contribution >= 0.6 is 0 Å². The summed E-state index contributed by atoms with van der Waals surface area (Å²) in [6.45, 7) is 9.65. The molecule has 5 rings (SSSR count). The van der Waals surface area contributed by atoms with Gasteiger partial charge in [0.25, 0.3) is 0 Å². The normalized spacial score (nSPS) is 16.2. The Balaban J connectivity index is 1.72. The van der Waals surface area contributed by atoms with E-state index in [0.717, 1.165) is 16.7 Å². The minimum atomic E-state index is -0.940. The number of carbonyl (C=O) groups excluding carboxylic acids is 1. The van der Waals surface area contributed by atoms with Gasteiger partial charge in [0.15, 0.2) is 11.5 Å². The van der Waals surface area contributed by atoms with Crippen molar-refractivity contribution in [3.8, 4) is 17.0 Å². The Morgan fingerprint density at radius 1 is 1.08 bits per heavy atom. The van der Waals surface area contributed by atoms with E-state index in [1.807, 2.05) is 13.0 Å². The zero-order chi connectivity index (χ0) is 34.7. The standard InChI is InChI=1S/C35H37F2N7O4/c1-21(38)14-15-39-27(23-10-7-6-8-11-23)20-44-31-24(18-26(37)30(40-31)29-25(36)12-9-13-28(29)45)32(41-33(44)46)43-17-16-42(19-22(43)2)34(47)48-35(3,4)5/h6-15,18,20,22,45H,16-17,19,38H2,1-5H3/b21-14-,27-20+,39-15+/t22-/m0/s1. The van der Waals surface area contributed by atoms with E-state index in [0.29, 0.717) is 17.0 Å². The Bertz CT molecular complexity index is 1980. The van der Waals surface area contributed by atoms with Crippen LogP contribution in [-0.4, -0.2) is 68.1 Å². The molecule has 2 aromatic heterocycles. The highest BCUT2D eigenvalue weighted by molar-refractivity contribution is 5.93. The number of nitrogens with zero attached hydrogens (tertiary/aromatic N) is 6. The zero-order valence-corrected chi connectivity index (χ0v) is 27.3. The minimum absolute atomic E-state index is 0.0556. The van der Waals surface area contributed by atoms with Crippen LogP contribution in [0.5, 0.6) is 5.75 Å². The number of allylic oxidation sites excluding steroid dienone is 2. The van der Waals surface area contributed by atoms with Crippen molar-refractivity contribution in [1.82, 2.24) is 19.4 Å². The second kappa shape index (κ2) is 13.6. The average molecular weight is 658 g/mol. The molecule has 0 radical (unpaired) electrons. The molecule has 1 fully saturated rings. The number of aliphatic imine (C=N–C) groups is 1. The highest BCUT2D eigenvalue weighted by Gasteiger charge is 2.32. The monoisotopic (exact) mass is 657 g/mol. The lowest BCUT2D eigenvalue weighted by Crippen LogP contribution is -2.55. The lowest BCUT2D eigenvalue weighted by molar-refractivity contribution is 0.0218. The van der Waals surface area contributed by atoms with E-state index >= 15 is 8.78 Å². The number of nitrogens with two attached hydrogens (primary N) is 1. The molecule has 13 heteroatoms. The average Bonchev–Trinajstić information content (AvgIpc) is 3.01. The molecule has 0 saturated carbocycles. The van der Waals surface area contributed by atoms with Crippen LogP contribution in [0.1, 0.15) is 40.2 Å². The summed E-state index contributed by atoms with van der Waals surface area (Å²) < 4.78 is 37.6. The lowest BCUT2D eigenvalue weighted by Gasteiger charge is -2.41. The maximum atomic E-state index is 15.9. The van der Waals surface area contributed by atoms with Gasteiger partial charge in [-0.2, -0.15) is 4.98 Å². The Kier molecular flexibility index (Phi) is 9.59. The van der Waals surface area contributed by atoms with Gasteiger partial charge >= 0.3 is 11.8 Å². The van der Waals surface area contributed by atoms with E-state index in [1.165, 1.54) is 24.5 Å². The van der Waals surface area contributed by atoms with Gasteiger partial charge in [0.1, 0.15) is 28.7 Å². The van der Waals surface area contributed by atoms with Crippen LogP contribution in [0.15, 0.2) is 76.2 Å². The molecule has 2 aromatic carbocycles. The number of carbonyl (C=O) groups is 1. The first kappa shape index (κ1) is 33.8. The maximum absolute atomic E-state index is 15.9. The number of hydrogen-bond acceptors (Lipinski definition) is 9. The summed E-state index contributed by atoms with van der Waals surface area (Å²) in [6, 6.07) is 13.4. The van der Waals surface area contributed by atoms with E-state index in [4.69, 9.17) is 10.5 Å². The van der Waals surface area contributed by atoms with Gasteiger partial charge in [-0.3, -0.25) is 4.99 Å². The van der Waals surface area contributed by atoms with Crippen LogP contribution in [0.2, 0.25) is 0 Å².